The van der Waals surface area contributed by atoms with Crippen molar-refractivity contribution >= 4 is 18.6 Å². The number of hydrogen-bond acceptors (Lipinski definition) is 3. The SMILES string of the molecule is CC(C)(S)[C@@H](N)C(=O)O.[Cu+]. The van der Waals surface area contributed by atoms with E-state index in [1.807, 2.05) is 0 Å². The zero-order chi connectivity index (χ0) is 7.65. The standard InChI is InChI=1S/C5H11NO2S.Cu/c1-5(2,9)3(6)4(7)8;/h3,9H,6H2,1-2H3,(H,7,8);/q;+1/t3-;/m0./s1. The summed E-state index contributed by atoms with van der Waals surface area (Å²) in [4.78, 5) is 10.2. The van der Waals surface area contributed by atoms with Crippen molar-refractivity contribution in [3.8, 4) is 0 Å². The van der Waals surface area contributed by atoms with Gasteiger partial charge in [-0.15, -0.1) is 0 Å². The molecule has 0 aliphatic carbocycles. The molecule has 0 aliphatic heterocycles. The fourth-order valence-electron chi connectivity index (χ4n) is 0.302. The molecule has 0 rings (SSSR count). The molecule has 0 radical (unpaired) electrons. The van der Waals surface area contributed by atoms with E-state index in [0.29, 0.717) is 0 Å². The first kappa shape index (κ1) is 12.9. The first-order valence-corrected chi connectivity index (χ1v) is 3.01. The van der Waals surface area contributed by atoms with E-state index in [9.17, 15) is 4.79 Å². The maximum Gasteiger partial charge on any atom is 1.00 e. The second kappa shape index (κ2) is 4.23. The predicted octanol–water partition coefficient (Wildman–Crippen LogP) is 0.104. The van der Waals surface area contributed by atoms with Crippen LogP contribution in [0, 0.1) is 0 Å². The van der Waals surface area contributed by atoms with Gasteiger partial charge in [0.2, 0.25) is 0 Å². The molecule has 5 heteroatoms. The summed E-state index contributed by atoms with van der Waals surface area (Å²) in [5.41, 5.74) is 5.22. The van der Waals surface area contributed by atoms with Crippen molar-refractivity contribution in [3.05, 3.63) is 0 Å². The third-order valence-corrected chi connectivity index (χ3v) is 1.31. The van der Waals surface area contributed by atoms with Crippen LogP contribution in [0.3, 0.4) is 0 Å². The van der Waals surface area contributed by atoms with Gasteiger partial charge < -0.3 is 10.8 Å². The fourth-order valence-corrected chi connectivity index (χ4v) is 0.413. The van der Waals surface area contributed by atoms with Crippen molar-refractivity contribution < 1.29 is 27.0 Å². The van der Waals surface area contributed by atoms with Gasteiger partial charge in [0.1, 0.15) is 6.04 Å². The van der Waals surface area contributed by atoms with Crippen LogP contribution in [0.2, 0.25) is 0 Å². The first-order chi connectivity index (χ1) is 3.85. The smallest absolute Gasteiger partial charge is 0.480 e. The number of carboxylic acid groups (broad SMARTS) is 1. The third-order valence-electron chi connectivity index (χ3n) is 1.03. The Hall–Kier alpha value is 0.299. The van der Waals surface area contributed by atoms with Crippen LogP contribution in [0.4, 0.5) is 0 Å². The molecular formula is C5H11CuNO2S+. The quantitative estimate of drug-likeness (QED) is 0.450. The van der Waals surface area contributed by atoms with E-state index < -0.39 is 16.8 Å². The minimum Gasteiger partial charge on any atom is -0.480 e. The Bertz CT molecular complexity index is 123. The molecule has 0 unspecified atom stereocenters. The number of aliphatic carboxylic acids is 1. The van der Waals surface area contributed by atoms with E-state index in [-0.39, 0.29) is 17.1 Å². The zero-order valence-electron chi connectivity index (χ0n) is 5.76. The van der Waals surface area contributed by atoms with Crippen molar-refractivity contribution in [2.75, 3.05) is 0 Å². The summed E-state index contributed by atoms with van der Waals surface area (Å²) in [5, 5.41) is 8.34. The number of hydrogen-bond donors (Lipinski definition) is 3. The Morgan fingerprint density at radius 2 is 2.00 bits per heavy atom. The molecule has 0 aromatic heterocycles. The van der Waals surface area contributed by atoms with E-state index in [2.05, 4.69) is 12.6 Å². The molecule has 0 aromatic carbocycles. The molecule has 0 saturated heterocycles. The van der Waals surface area contributed by atoms with Crippen molar-refractivity contribution in [1.29, 1.82) is 0 Å². The van der Waals surface area contributed by atoms with Gasteiger partial charge in [-0.3, -0.25) is 4.79 Å². The van der Waals surface area contributed by atoms with Gasteiger partial charge in [-0.05, 0) is 13.8 Å². The number of rotatable bonds is 2. The molecule has 3 N–H and O–H groups in total. The second-order valence-corrected chi connectivity index (χ2v) is 3.62. The van der Waals surface area contributed by atoms with Crippen LogP contribution in [-0.2, 0) is 21.9 Å². The van der Waals surface area contributed by atoms with E-state index >= 15 is 0 Å². The van der Waals surface area contributed by atoms with Gasteiger partial charge in [-0.1, -0.05) is 0 Å². The summed E-state index contributed by atoms with van der Waals surface area (Å²) in [5.74, 6) is -1.02. The molecule has 0 aliphatic rings. The van der Waals surface area contributed by atoms with Crippen LogP contribution in [0.25, 0.3) is 0 Å². The number of nitrogens with two attached hydrogens (primary N) is 1. The molecule has 10 heavy (non-hydrogen) atoms. The Labute approximate surface area is 76.2 Å². The fraction of sp³-hybridized carbons (Fsp3) is 0.800. The van der Waals surface area contributed by atoms with Gasteiger partial charge in [0.05, 0.1) is 0 Å². The molecule has 1 atom stereocenters. The summed E-state index contributed by atoms with van der Waals surface area (Å²) < 4.78 is -0.647. The van der Waals surface area contributed by atoms with Crippen molar-refractivity contribution in [3.63, 3.8) is 0 Å². The summed E-state index contributed by atoms with van der Waals surface area (Å²) in [6.45, 7) is 3.32. The van der Waals surface area contributed by atoms with Crippen LogP contribution in [0.5, 0.6) is 0 Å². The van der Waals surface area contributed by atoms with Gasteiger partial charge in [0.15, 0.2) is 0 Å². The monoisotopic (exact) mass is 212 g/mol. The zero-order valence-corrected chi connectivity index (χ0v) is 7.59. The minimum absolute atomic E-state index is 0. The molecule has 3 nitrogen and oxygen atoms in total. The Morgan fingerprint density at radius 3 is 2.00 bits per heavy atom. The van der Waals surface area contributed by atoms with Crippen molar-refractivity contribution in [1.82, 2.24) is 0 Å². The Morgan fingerprint density at radius 1 is 1.70 bits per heavy atom. The van der Waals surface area contributed by atoms with Gasteiger partial charge in [0.25, 0.3) is 0 Å². The van der Waals surface area contributed by atoms with E-state index in [4.69, 9.17) is 10.8 Å². The van der Waals surface area contributed by atoms with Gasteiger partial charge in [0, 0.05) is 4.75 Å². The summed E-state index contributed by atoms with van der Waals surface area (Å²) >= 11 is 3.98. The molecule has 0 saturated carbocycles. The van der Waals surface area contributed by atoms with Crippen molar-refractivity contribution in [2.24, 2.45) is 5.73 Å². The normalized spacial score (nSPS) is 13.6. The minimum atomic E-state index is -1.02. The van der Waals surface area contributed by atoms with Crippen LogP contribution in [0.15, 0.2) is 0 Å². The van der Waals surface area contributed by atoms with E-state index in [0.717, 1.165) is 0 Å². The Kier molecular flexibility index (Phi) is 5.48. The van der Waals surface area contributed by atoms with Gasteiger partial charge in [-0.25, -0.2) is 0 Å². The third kappa shape index (κ3) is 4.17. The van der Waals surface area contributed by atoms with Gasteiger partial charge >= 0.3 is 23.0 Å². The molecular weight excluding hydrogens is 202 g/mol. The van der Waals surface area contributed by atoms with E-state index in [1.54, 1.807) is 13.8 Å². The van der Waals surface area contributed by atoms with Crippen LogP contribution >= 0.6 is 12.6 Å². The molecule has 64 valence electrons. The average Bonchev–Trinajstić information content (AvgIpc) is 1.62. The van der Waals surface area contributed by atoms with E-state index in [1.165, 1.54) is 0 Å². The largest absolute Gasteiger partial charge is 1.00 e. The number of carboxylic acids is 1. The maximum absolute atomic E-state index is 10.2. The van der Waals surface area contributed by atoms with Crippen LogP contribution < -0.4 is 5.73 Å². The predicted molar refractivity (Wildman–Crippen MR) is 38.7 cm³/mol. The first-order valence-electron chi connectivity index (χ1n) is 2.56. The summed E-state index contributed by atoms with van der Waals surface area (Å²) in [6, 6.07) is -0.902. The summed E-state index contributed by atoms with van der Waals surface area (Å²) in [7, 11) is 0. The average molecular weight is 213 g/mol. The molecule has 0 amide bonds. The summed E-state index contributed by atoms with van der Waals surface area (Å²) in [6.07, 6.45) is 0. The van der Waals surface area contributed by atoms with Crippen LogP contribution in [-0.4, -0.2) is 21.9 Å². The molecule has 0 bridgehead atoms. The maximum atomic E-state index is 10.2. The number of thiol groups is 1. The molecule has 0 spiro atoms. The number of carbonyl (C=O) groups is 1. The molecule has 0 aromatic rings. The second-order valence-electron chi connectivity index (χ2n) is 2.47. The molecule has 0 fully saturated rings. The topological polar surface area (TPSA) is 63.3 Å². The van der Waals surface area contributed by atoms with Crippen LogP contribution in [0.1, 0.15) is 13.8 Å². The Balaban J connectivity index is 0. The van der Waals surface area contributed by atoms with Gasteiger partial charge in [-0.2, -0.15) is 12.6 Å². The molecule has 0 heterocycles. The van der Waals surface area contributed by atoms with Crippen molar-refractivity contribution in [2.45, 2.75) is 24.6 Å².